The van der Waals surface area contributed by atoms with Crippen molar-refractivity contribution in [3.63, 3.8) is 0 Å². The van der Waals surface area contributed by atoms with E-state index in [0.717, 1.165) is 25.4 Å². The second-order valence-electron chi connectivity index (χ2n) is 4.55. The van der Waals surface area contributed by atoms with Crippen LogP contribution in [-0.4, -0.2) is 50.6 Å². The van der Waals surface area contributed by atoms with Crippen LogP contribution in [0.5, 0.6) is 0 Å². The SMILES string of the molecule is Cc1ccc(N(C)C(=O)C2CN(C)CCN2)o1. The van der Waals surface area contributed by atoms with Crippen molar-refractivity contribution in [3.05, 3.63) is 17.9 Å². The molecule has 5 heteroatoms. The van der Waals surface area contributed by atoms with Gasteiger partial charge in [0.2, 0.25) is 11.8 Å². The van der Waals surface area contributed by atoms with Gasteiger partial charge >= 0.3 is 0 Å². The van der Waals surface area contributed by atoms with E-state index < -0.39 is 0 Å². The van der Waals surface area contributed by atoms with Crippen LogP contribution in [0.3, 0.4) is 0 Å². The first kappa shape index (κ1) is 12.1. The van der Waals surface area contributed by atoms with E-state index in [2.05, 4.69) is 10.2 Å². The van der Waals surface area contributed by atoms with E-state index in [1.54, 1.807) is 11.9 Å². The number of carbonyl (C=O) groups is 1. The number of hydrogen-bond donors (Lipinski definition) is 1. The minimum absolute atomic E-state index is 0.0471. The zero-order valence-corrected chi connectivity index (χ0v) is 10.6. The molecule has 1 aromatic heterocycles. The van der Waals surface area contributed by atoms with Crippen LogP contribution in [-0.2, 0) is 4.79 Å². The van der Waals surface area contributed by atoms with Gasteiger partial charge in [-0.3, -0.25) is 9.69 Å². The Labute approximate surface area is 101 Å². The average molecular weight is 237 g/mol. The molecule has 94 valence electrons. The highest BCUT2D eigenvalue weighted by molar-refractivity contribution is 5.95. The topological polar surface area (TPSA) is 48.7 Å². The van der Waals surface area contributed by atoms with E-state index in [1.807, 2.05) is 26.1 Å². The number of aryl methyl sites for hydroxylation is 1. The van der Waals surface area contributed by atoms with E-state index in [4.69, 9.17) is 4.42 Å². The summed E-state index contributed by atoms with van der Waals surface area (Å²) < 4.78 is 5.45. The molecule has 0 bridgehead atoms. The number of likely N-dealkylation sites (N-methyl/N-ethyl adjacent to an activating group) is 2. The molecule has 1 aliphatic rings. The number of rotatable bonds is 2. The maximum atomic E-state index is 12.2. The van der Waals surface area contributed by atoms with Gasteiger partial charge in [-0.05, 0) is 20.0 Å². The Morgan fingerprint density at radius 2 is 2.35 bits per heavy atom. The summed E-state index contributed by atoms with van der Waals surface area (Å²) in [5, 5.41) is 3.23. The Morgan fingerprint density at radius 3 is 2.94 bits per heavy atom. The number of piperazine rings is 1. The Bertz CT molecular complexity index is 402. The summed E-state index contributed by atoms with van der Waals surface area (Å²) in [5.74, 6) is 1.46. The van der Waals surface area contributed by atoms with Crippen LogP contribution in [0, 0.1) is 6.92 Å². The lowest BCUT2D eigenvalue weighted by atomic mass is 10.2. The minimum atomic E-state index is -0.149. The Morgan fingerprint density at radius 1 is 1.59 bits per heavy atom. The number of amides is 1. The first-order valence-electron chi connectivity index (χ1n) is 5.84. The van der Waals surface area contributed by atoms with Crippen LogP contribution >= 0.6 is 0 Å². The molecule has 1 saturated heterocycles. The van der Waals surface area contributed by atoms with Gasteiger partial charge in [0.15, 0.2) is 0 Å². The van der Waals surface area contributed by atoms with Gasteiger partial charge in [0, 0.05) is 32.7 Å². The van der Waals surface area contributed by atoms with E-state index >= 15 is 0 Å². The quantitative estimate of drug-likeness (QED) is 0.811. The zero-order chi connectivity index (χ0) is 12.4. The fraction of sp³-hybridized carbons (Fsp3) is 0.583. The van der Waals surface area contributed by atoms with Gasteiger partial charge < -0.3 is 14.6 Å². The summed E-state index contributed by atoms with van der Waals surface area (Å²) in [4.78, 5) is 16.0. The summed E-state index contributed by atoms with van der Waals surface area (Å²) >= 11 is 0. The molecular formula is C12H19N3O2. The highest BCUT2D eigenvalue weighted by Crippen LogP contribution is 2.17. The maximum absolute atomic E-state index is 12.2. The highest BCUT2D eigenvalue weighted by Gasteiger charge is 2.27. The second kappa shape index (κ2) is 4.89. The number of nitrogens with zero attached hydrogens (tertiary/aromatic N) is 2. The van der Waals surface area contributed by atoms with E-state index in [1.165, 1.54) is 0 Å². The lowest BCUT2D eigenvalue weighted by Crippen LogP contribution is -2.56. The summed E-state index contributed by atoms with van der Waals surface area (Å²) in [6.07, 6.45) is 0. The Balaban J connectivity index is 2.04. The monoisotopic (exact) mass is 237 g/mol. The lowest BCUT2D eigenvalue weighted by molar-refractivity contribution is -0.121. The molecule has 0 radical (unpaired) electrons. The first-order valence-corrected chi connectivity index (χ1v) is 5.84. The van der Waals surface area contributed by atoms with Gasteiger partial charge in [-0.2, -0.15) is 0 Å². The molecule has 2 rings (SSSR count). The van der Waals surface area contributed by atoms with Crippen LogP contribution < -0.4 is 10.2 Å². The van der Waals surface area contributed by atoms with Crippen LogP contribution in [0.4, 0.5) is 5.88 Å². The third kappa shape index (κ3) is 2.68. The van der Waals surface area contributed by atoms with Crippen LogP contribution in [0.1, 0.15) is 5.76 Å². The summed E-state index contributed by atoms with van der Waals surface area (Å²) in [7, 11) is 3.77. The van der Waals surface area contributed by atoms with Crippen molar-refractivity contribution in [2.75, 3.05) is 38.6 Å². The lowest BCUT2D eigenvalue weighted by Gasteiger charge is -2.31. The molecule has 1 fully saturated rings. The van der Waals surface area contributed by atoms with Gasteiger partial charge in [-0.15, -0.1) is 0 Å². The standard InChI is InChI=1S/C12H19N3O2/c1-9-4-5-11(17-9)15(3)12(16)10-8-14(2)7-6-13-10/h4-5,10,13H,6-8H2,1-3H3. The van der Waals surface area contributed by atoms with Crippen molar-refractivity contribution < 1.29 is 9.21 Å². The molecule has 17 heavy (non-hydrogen) atoms. The normalized spacial score (nSPS) is 21.5. The van der Waals surface area contributed by atoms with Crippen molar-refractivity contribution in [3.8, 4) is 0 Å². The van der Waals surface area contributed by atoms with Gasteiger partial charge in [0.1, 0.15) is 11.8 Å². The van der Waals surface area contributed by atoms with Crippen molar-refractivity contribution in [1.82, 2.24) is 10.2 Å². The van der Waals surface area contributed by atoms with Crippen LogP contribution in [0.2, 0.25) is 0 Å². The molecule has 1 N–H and O–H groups in total. The largest absolute Gasteiger partial charge is 0.445 e. The molecule has 1 atom stereocenters. The fourth-order valence-electron chi connectivity index (χ4n) is 2.01. The zero-order valence-electron chi connectivity index (χ0n) is 10.6. The van der Waals surface area contributed by atoms with Crippen LogP contribution in [0.25, 0.3) is 0 Å². The number of carbonyl (C=O) groups excluding carboxylic acids is 1. The van der Waals surface area contributed by atoms with Gasteiger partial charge in [-0.25, -0.2) is 0 Å². The molecule has 0 aromatic carbocycles. The molecule has 2 heterocycles. The van der Waals surface area contributed by atoms with E-state index in [0.29, 0.717) is 5.88 Å². The molecular weight excluding hydrogens is 218 g/mol. The molecule has 0 saturated carbocycles. The second-order valence-corrected chi connectivity index (χ2v) is 4.55. The molecule has 1 aliphatic heterocycles. The minimum Gasteiger partial charge on any atom is -0.445 e. The average Bonchev–Trinajstić information content (AvgIpc) is 2.74. The Kier molecular flexibility index (Phi) is 3.49. The predicted molar refractivity (Wildman–Crippen MR) is 66.1 cm³/mol. The molecule has 1 unspecified atom stereocenters. The van der Waals surface area contributed by atoms with Gasteiger partial charge in [0.05, 0.1) is 0 Å². The summed E-state index contributed by atoms with van der Waals surface area (Å²) in [6.45, 7) is 4.43. The summed E-state index contributed by atoms with van der Waals surface area (Å²) in [5.41, 5.74) is 0. The van der Waals surface area contributed by atoms with Crippen molar-refractivity contribution in [1.29, 1.82) is 0 Å². The predicted octanol–water partition coefficient (Wildman–Crippen LogP) is 0.454. The molecule has 0 aliphatic carbocycles. The molecule has 5 nitrogen and oxygen atoms in total. The van der Waals surface area contributed by atoms with Crippen LogP contribution in [0.15, 0.2) is 16.5 Å². The highest BCUT2D eigenvalue weighted by atomic mass is 16.4. The third-order valence-corrected chi connectivity index (χ3v) is 3.06. The number of anilines is 1. The molecule has 1 aromatic rings. The fourth-order valence-corrected chi connectivity index (χ4v) is 2.01. The van der Waals surface area contributed by atoms with Crippen molar-refractivity contribution in [2.24, 2.45) is 0 Å². The number of furan rings is 1. The van der Waals surface area contributed by atoms with E-state index in [9.17, 15) is 4.79 Å². The van der Waals surface area contributed by atoms with Crippen molar-refractivity contribution >= 4 is 11.8 Å². The third-order valence-electron chi connectivity index (χ3n) is 3.06. The van der Waals surface area contributed by atoms with Gasteiger partial charge in [-0.1, -0.05) is 0 Å². The van der Waals surface area contributed by atoms with Gasteiger partial charge in [0.25, 0.3) is 0 Å². The number of hydrogen-bond acceptors (Lipinski definition) is 4. The molecule has 0 spiro atoms. The van der Waals surface area contributed by atoms with E-state index in [-0.39, 0.29) is 11.9 Å². The number of nitrogens with one attached hydrogen (secondary N) is 1. The maximum Gasteiger partial charge on any atom is 0.247 e. The van der Waals surface area contributed by atoms with Crippen molar-refractivity contribution in [2.45, 2.75) is 13.0 Å². The first-order chi connectivity index (χ1) is 8.08. The Hall–Kier alpha value is -1.33. The molecule has 1 amide bonds. The smallest absolute Gasteiger partial charge is 0.247 e. The summed E-state index contributed by atoms with van der Waals surface area (Å²) in [6, 6.07) is 3.53.